The lowest BCUT2D eigenvalue weighted by Gasteiger charge is -2.60. The first-order chi connectivity index (χ1) is 14.6. The van der Waals surface area contributed by atoms with Crippen LogP contribution in [-0.4, -0.2) is 24.1 Å². The third kappa shape index (κ3) is 4.49. The smallest absolute Gasteiger partial charge is 0.265 e. The first-order valence-corrected chi connectivity index (χ1v) is 13.2. The average Bonchev–Trinajstić information content (AvgIpc) is 3.04. The molecule has 0 unspecified atom stereocenters. The van der Waals surface area contributed by atoms with Crippen molar-refractivity contribution in [3.63, 3.8) is 0 Å². The lowest BCUT2D eigenvalue weighted by Crippen LogP contribution is -2.53. The molecule has 0 saturated heterocycles. The van der Waals surface area contributed by atoms with Crippen LogP contribution in [0.5, 0.6) is 0 Å². The van der Waals surface area contributed by atoms with Crippen molar-refractivity contribution in [1.82, 2.24) is 4.98 Å². The van der Waals surface area contributed by atoms with E-state index in [0.29, 0.717) is 16.7 Å². The standard InChI is InChI=1S/C20H32O4S.C5H5N/c1-13-4-7-17-16-6-5-14-12-15(24-25(21,22)23)8-10-20(14,3)18(16)9-11-19(13,17)2;1-2-4-6-5-3-1/h14-18H,1,4-12H2,2-3H3,(H,21,22,23);1-5H/t14-,15-,16+,17+,18+,19-,20+;/m1./s1. The summed E-state index contributed by atoms with van der Waals surface area (Å²) in [5, 5.41) is 0. The summed E-state index contributed by atoms with van der Waals surface area (Å²) in [6.45, 7) is 9.30. The molecule has 1 heterocycles. The molecule has 7 atom stereocenters. The molecular weight excluding hydrogens is 410 g/mol. The summed E-state index contributed by atoms with van der Waals surface area (Å²) in [5.74, 6) is 2.87. The monoisotopic (exact) mass is 447 g/mol. The van der Waals surface area contributed by atoms with Gasteiger partial charge in [0.2, 0.25) is 0 Å². The molecule has 6 heteroatoms. The molecule has 0 bridgehead atoms. The number of hydrogen-bond donors (Lipinski definition) is 1. The largest absolute Gasteiger partial charge is 0.397 e. The molecule has 0 amide bonds. The fourth-order valence-electron chi connectivity index (χ4n) is 7.70. The van der Waals surface area contributed by atoms with Crippen LogP contribution in [0, 0.1) is 34.5 Å². The van der Waals surface area contributed by atoms with Crippen molar-refractivity contribution in [3.05, 3.63) is 42.7 Å². The van der Waals surface area contributed by atoms with E-state index in [-0.39, 0.29) is 6.10 Å². The number of fused-ring (bicyclic) bond motifs is 5. The zero-order chi connectivity index (χ0) is 22.3. The van der Waals surface area contributed by atoms with E-state index in [1.54, 1.807) is 12.4 Å². The van der Waals surface area contributed by atoms with Crippen molar-refractivity contribution in [2.45, 2.75) is 77.7 Å². The molecule has 1 aromatic heterocycles. The number of nitrogens with zero attached hydrogens (tertiary/aromatic N) is 1. The van der Waals surface area contributed by atoms with Gasteiger partial charge in [-0.2, -0.15) is 8.42 Å². The highest BCUT2D eigenvalue weighted by molar-refractivity contribution is 7.80. The van der Waals surface area contributed by atoms with Crippen LogP contribution in [0.1, 0.15) is 71.6 Å². The molecule has 0 aromatic carbocycles. The number of pyridine rings is 1. The minimum absolute atomic E-state index is 0.299. The van der Waals surface area contributed by atoms with E-state index in [9.17, 15) is 8.42 Å². The fraction of sp³-hybridized carbons (Fsp3) is 0.720. The molecule has 5 rings (SSSR count). The Morgan fingerprint density at radius 1 is 1.03 bits per heavy atom. The molecule has 1 N–H and O–H groups in total. The molecule has 0 aliphatic heterocycles. The number of aromatic nitrogens is 1. The summed E-state index contributed by atoms with van der Waals surface area (Å²) in [7, 11) is -4.34. The molecule has 0 radical (unpaired) electrons. The second kappa shape index (κ2) is 8.60. The maximum Gasteiger partial charge on any atom is 0.397 e. The molecule has 5 nitrogen and oxygen atoms in total. The van der Waals surface area contributed by atoms with Gasteiger partial charge in [0.05, 0.1) is 6.10 Å². The van der Waals surface area contributed by atoms with Crippen LogP contribution < -0.4 is 0 Å². The topological polar surface area (TPSA) is 76.5 Å². The van der Waals surface area contributed by atoms with Crippen LogP contribution in [0.15, 0.2) is 42.7 Å². The van der Waals surface area contributed by atoms with Gasteiger partial charge in [0, 0.05) is 12.4 Å². The van der Waals surface area contributed by atoms with Gasteiger partial charge in [0.15, 0.2) is 0 Å². The average molecular weight is 448 g/mol. The fourth-order valence-corrected chi connectivity index (χ4v) is 8.22. The zero-order valence-electron chi connectivity index (χ0n) is 18.9. The van der Waals surface area contributed by atoms with Crippen molar-refractivity contribution in [2.24, 2.45) is 34.5 Å². The van der Waals surface area contributed by atoms with Crippen LogP contribution >= 0.6 is 0 Å². The first-order valence-electron chi connectivity index (χ1n) is 11.8. The Hall–Kier alpha value is -1.24. The Morgan fingerprint density at radius 2 is 1.77 bits per heavy atom. The highest BCUT2D eigenvalue weighted by Gasteiger charge is 2.58. The Bertz CT molecular complexity index is 861. The lowest BCUT2D eigenvalue weighted by molar-refractivity contribution is -0.113. The van der Waals surface area contributed by atoms with E-state index >= 15 is 0 Å². The highest BCUT2D eigenvalue weighted by atomic mass is 32.3. The van der Waals surface area contributed by atoms with Crippen LogP contribution in [-0.2, 0) is 14.6 Å². The van der Waals surface area contributed by atoms with Gasteiger partial charge in [-0.1, -0.05) is 32.1 Å². The van der Waals surface area contributed by atoms with Crippen molar-refractivity contribution in [3.8, 4) is 0 Å². The highest BCUT2D eigenvalue weighted by Crippen LogP contribution is 2.67. The van der Waals surface area contributed by atoms with Gasteiger partial charge in [0.1, 0.15) is 0 Å². The third-order valence-electron chi connectivity index (χ3n) is 9.40. The zero-order valence-corrected chi connectivity index (χ0v) is 19.7. The van der Waals surface area contributed by atoms with Crippen LogP contribution in [0.3, 0.4) is 0 Å². The van der Waals surface area contributed by atoms with Crippen molar-refractivity contribution < 1.29 is 17.2 Å². The summed E-state index contributed by atoms with van der Waals surface area (Å²) in [6, 6.07) is 5.72. The van der Waals surface area contributed by atoms with E-state index in [2.05, 4.69) is 25.4 Å². The minimum Gasteiger partial charge on any atom is -0.265 e. The maximum atomic E-state index is 11.1. The summed E-state index contributed by atoms with van der Waals surface area (Å²) in [6.07, 6.45) is 13.2. The van der Waals surface area contributed by atoms with Gasteiger partial charge in [-0.3, -0.25) is 9.54 Å². The van der Waals surface area contributed by atoms with E-state index in [1.165, 1.54) is 44.1 Å². The molecular formula is C25H37NO4S. The second-order valence-electron chi connectivity index (χ2n) is 10.7. The van der Waals surface area contributed by atoms with Crippen LogP contribution in [0.4, 0.5) is 0 Å². The number of rotatable bonds is 2. The Kier molecular flexibility index (Phi) is 6.36. The number of allylic oxidation sites excluding steroid dienone is 1. The lowest BCUT2D eigenvalue weighted by atomic mass is 9.45. The predicted molar refractivity (Wildman–Crippen MR) is 122 cm³/mol. The van der Waals surface area contributed by atoms with Gasteiger partial charge in [-0.25, -0.2) is 4.18 Å². The number of hydrogen-bond acceptors (Lipinski definition) is 4. The van der Waals surface area contributed by atoms with Gasteiger partial charge in [0.25, 0.3) is 0 Å². The molecule has 4 saturated carbocycles. The van der Waals surface area contributed by atoms with Gasteiger partial charge in [-0.15, -0.1) is 0 Å². The molecule has 1 aromatic rings. The van der Waals surface area contributed by atoms with E-state index < -0.39 is 10.4 Å². The van der Waals surface area contributed by atoms with Crippen LogP contribution in [0.25, 0.3) is 0 Å². The molecule has 4 aliphatic rings. The Balaban J connectivity index is 0.000000334. The molecule has 31 heavy (non-hydrogen) atoms. The van der Waals surface area contributed by atoms with E-state index in [0.717, 1.165) is 37.0 Å². The summed E-state index contributed by atoms with van der Waals surface area (Å²) in [4.78, 5) is 3.78. The normalized spacial score (nSPS) is 41.9. The first kappa shape index (κ1) is 22.9. The summed E-state index contributed by atoms with van der Waals surface area (Å²) in [5.41, 5.74) is 2.14. The van der Waals surface area contributed by atoms with E-state index in [4.69, 9.17) is 8.74 Å². The van der Waals surface area contributed by atoms with Crippen molar-refractivity contribution >= 4 is 10.4 Å². The second-order valence-corrected chi connectivity index (χ2v) is 11.7. The van der Waals surface area contributed by atoms with Crippen molar-refractivity contribution in [1.29, 1.82) is 0 Å². The summed E-state index contributed by atoms with van der Waals surface area (Å²) < 4.78 is 36.1. The molecule has 172 valence electrons. The molecule has 4 aliphatic carbocycles. The van der Waals surface area contributed by atoms with Gasteiger partial charge >= 0.3 is 10.4 Å². The maximum absolute atomic E-state index is 11.1. The Labute approximate surface area is 187 Å². The van der Waals surface area contributed by atoms with Gasteiger partial charge < -0.3 is 0 Å². The van der Waals surface area contributed by atoms with Gasteiger partial charge in [-0.05, 0) is 104 Å². The van der Waals surface area contributed by atoms with E-state index in [1.807, 2.05) is 18.2 Å². The quantitative estimate of drug-likeness (QED) is 0.454. The Morgan fingerprint density at radius 3 is 2.39 bits per heavy atom. The molecule has 4 fully saturated rings. The summed E-state index contributed by atoms with van der Waals surface area (Å²) >= 11 is 0. The minimum atomic E-state index is -4.34. The molecule has 0 spiro atoms. The van der Waals surface area contributed by atoms with Crippen LogP contribution in [0.2, 0.25) is 0 Å². The SMILES string of the molecule is C=C1CC[C@H]2[C@@H]3CC[C@@H]4C[C@H](OS(=O)(=O)O)CC[C@]4(C)[C@H]3CC[C@]12C.c1ccncc1. The predicted octanol–water partition coefficient (Wildman–Crippen LogP) is 5.85. The van der Waals surface area contributed by atoms with Crippen molar-refractivity contribution in [2.75, 3.05) is 0 Å². The third-order valence-corrected chi connectivity index (χ3v) is 9.91.